The van der Waals surface area contributed by atoms with E-state index >= 15 is 0 Å². The van der Waals surface area contributed by atoms with Crippen LogP contribution in [0, 0.1) is 5.92 Å². The number of rotatable bonds is 1. The molecule has 2 fully saturated rings. The SMILES string of the molecule is Nc1cccc(C(=O)N2CCCC3C(=O)NCC32)c1Br. The van der Waals surface area contributed by atoms with Crippen LogP contribution in [-0.4, -0.2) is 35.8 Å². The van der Waals surface area contributed by atoms with Gasteiger partial charge in [0.2, 0.25) is 5.91 Å². The van der Waals surface area contributed by atoms with Crippen LogP contribution < -0.4 is 11.1 Å². The van der Waals surface area contributed by atoms with Gasteiger partial charge in [-0.1, -0.05) is 6.07 Å². The van der Waals surface area contributed by atoms with E-state index in [-0.39, 0.29) is 23.8 Å². The molecule has 2 aliphatic rings. The molecule has 2 amide bonds. The first-order valence-electron chi connectivity index (χ1n) is 6.72. The van der Waals surface area contributed by atoms with Gasteiger partial charge in [0.25, 0.3) is 5.91 Å². The molecule has 3 rings (SSSR count). The first kappa shape index (κ1) is 13.4. The second kappa shape index (κ2) is 5.09. The molecule has 2 atom stereocenters. The van der Waals surface area contributed by atoms with E-state index < -0.39 is 0 Å². The van der Waals surface area contributed by atoms with Gasteiger partial charge < -0.3 is 16.0 Å². The topological polar surface area (TPSA) is 75.4 Å². The van der Waals surface area contributed by atoms with Crippen molar-refractivity contribution in [2.24, 2.45) is 5.92 Å². The van der Waals surface area contributed by atoms with Crippen LogP contribution in [0.25, 0.3) is 0 Å². The predicted octanol–water partition coefficient (Wildman–Crippen LogP) is 1.38. The first-order chi connectivity index (χ1) is 9.59. The molecule has 106 valence electrons. The molecular formula is C14H16BrN3O2. The molecule has 2 saturated heterocycles. The van der Waals surface area contributed by atoms with E-state index in [9.17, 15) is 9.59 Å². The molecule has 0 radical (unpaired) electrons. The maximum absolute atomic E-state index is 12.7. The maximum atomic E-state index is 12.7. The van der Waals surface area contributed by atoms with Crippen molar-refractivity contribution in [3.05, 3.63) is 28.2 Å². The molecule has 2 unspecified atom stereocenters. The number of hydrogen-bond donors (Lipinski definition) is 2. The molecule has 6 heteroatoms. The summed E-state index contributed by atoms with van der Waals surface area (Å²) in [6, 6.07) is 5.25. The second-order valence-corrected chi connectivity index (χ2v) is 6.06. The molecule has 0 spiro atoms. The van der Waals surface area contributed by atoms with Crippen LogP contribution in [0.2, 0.25) is 0 Å². The minimum Gasteiger partial charge on any atom is -0.398 e. The third-order valence-electron chi connectivity index (χ3n) is 4.12. The van der Waals surface area contributed by atoms with Crippen molar-refractivity contribution in [2.45, 2.75) is 18.9 Å². The number of fused-ring (bicyclic) bond motifs is 1. The Morgan fingerprint density at radius 2 is 2.25 bits per heavy atom. The van der Waals surface area contributed by atoms with Crippen LogP contribution in [0.4, 0.5) is 5.69 Å². The largest absolute Gasteiger partial charge is 0.398 e. The number of benzene rings is 1. The van der Waals surface area contributed by atoms with Crippen LogP contribution in [-0.2, 0) is 4.79 Å². The molecule has 0 aliphatic carbocycles. The molecule has 5 nitrogen and oxygen atoms in total. The first-order valence-corrected chi connectivity index (χ1v) is 7.51. The highest BCUT2D eigenvalue weighted by Gasteiger charge is 2.42. The summed E-state index contributed by atoms with van der Waals surface area (Å²) < 4.78 is 0.629. The van der Waals surface area contributed by atoms with Gasteiger partial charge in [0.05, 0.1) is 22.0 Å². The van der Waals surface area contributed by atoms with E-state index in [0.717, 1.165) is 12.8 Å². The fourth-order valence-corrected chi connectivity index (χ4v) is 3.51. The van der Waals surface area contributed by atoms with Crippen molar-refractivity contribution in [1.82, 2.24) is 10.2 Å². The third-order valence-corrected chi connectivity index (χ3v) is 5.01. The number of nitrogens with one attached hydrogen (secondary N) is 1. The van der Waals surface area contributed by atoms with E-state index in [2.05, 4.69) is 21.2 Å². The van der Waals surface area contributed by atoms with Gasteiger partial charge in [0.15, 0.2) is 0 Å². The number of anilines is 1. The molecule has 2 heterocycles. The van der Waals surface area contributed by atoms with Crippen LogP contribution in [0.1, 0.15) is 23.2 Å². The fourth-order valence-electron chi connectivity index (χ4n) is 3.07. The summed E-state index contributed by atoms with van der Waals surface area (Å²) in [5.41, 5.74) is 6.94. The lowest BCUT2D eigenvalue weighted by Gasteiger charge is -2.36. The minimum atomic E-state index is -0.0625. The monoisotopic (exact) mass is 337 g/mol. The number of carbonyl (C=O) groups excluding carboxylic acids is 2. The standard InChI is InChI=1S/C14H16BrN3O2/c15-12-9(3-1-5-10(12)16)14(20)18-6-2-4-8-11(18)7-17-13(8)19/h1,3,5,8,11H,2,4,6-7,16H2,(H,17,19). The van der Waals surface area contributed by atoms with Crippen LogP contribution in [0.5, 0.6) is 0 Å². The molecule has 20 heavy (non-hydrogen) atoms. The Bertz CT molecular complexity index is 576. The van der Waals surface area contributed by atoms with Crippen molar-refractivity contribution < 1.29 is 9.59 Å². The van der Waals surface area contributed by atoms with Crippen LogP contribution in [0.3, 0.4) is 0 Å². The van der Waals surface area contributed by atoms with Gasteiger partial charge in [-0.3, -0.25) is 9.59 Å². The van der Waals surface area contributed by atoms with Gasteiger partial charge >= 0.3 is 0 Å². The number of hydrogen-bond acceptors (Lipinski definition) is 3. The zero-order chi connectivity index (χ0) is 14.3. The number of piperidine rings is 1. The minimum absolute atomic E-state index is 0.0305. The van der Waals surface area contributed by atoms with Gasteiger partial charge in [-0.2, -0.15) is 0 Å². The van der Waals surface area contributed by atoms with E-state index in [4.69, 9.17) is 5.73 Å². The average Bonchev–Trinajstić information content (AvgIpc) is 2.83. The van der Waals surface area contributed by atoms with Gasteiger partial charge in [0, 0.05) is 18.8 Å². The molecule has 1 aromatic rings. The lowest BCUT2D eigenvalue weighted by molar-refractivity contribution is -0.123. The highest BCUT2D eigenvalue weighted by atomic mass is 79.9. The number of nitrogen functional groups attached to an aromatic ring is 1. The zero-order valence-corrected chi connectivity index (χ0v) is 12.5. The lowest BCUT2D eigenvalue weighted by atomic mass is 9.91. The summed E-state index contributed by atoms with van der Waals surface area (Å²) in [6.07, 6.45) is 1.72. The number of nitrogens with two attached hydrogens (primary N) is 1. The maximum Gasteiger partial charge on any atom is 0.255 e. The van der Waals surface area contributed by atoms with Gasteiger partial charge in [0.1, 0.15) is 0 Å². The van der Waals surface area contributed by atoms with E-state index in [0.29, 0.717) is 28.8 Å². The van der Waals surface area contributed by atoms with E-state index in [1.165, 1.54) is 0 Å². The Morgan fingerprint density at radius 3 is 3.05 bits per heavy atom. The van der Waals surface area contributed by atoms with Crippen molar-refractivity contribution in [3.63, 3.8) is 0 Å². The van der Waals surface area contributed by atoms with E-state index in [1.807, 2.05) is 4.90 Å². The molecule has 0 aromatic heterocycles. The van der Waals surface area contributed by atoms with Crippen LogP contribution >= 0.6 is 15.9 Å². The molecule has 3 N–H and O–H groups in total. The Morgan fingerprint density at radius 1 is 1.45 bits per heavy atom. The average molecular weight is 338 g/mol. The smallest absolute Gasteiger partial charge is 0.255 e. The predicted molar refractivity (Wildman–Crippen MR) is 79.1 cm³/mol. The third kappa shape index (κ3) is 2.08. The molecule has 2 aliphatic heterocycles. The summed E-state index contributed by atoms with van der Waals surface area (Å²) >= 11 is 3.38. The van der Waals surface area contributed by atoms with Crippen molar-refractivity contribution in [1.29, 1.82) is 0 Å². The Balaban J connectivity index is 1.90. The molecule has 0 saturated carbocycles. The van der Waals surface area contributed by atoms with Gasteiger partial charge in [-0.25, -0.2) is 0 Å². The number of likely N-dealkylation sites (tertiary alicyclic amines) is 1. The number of carbonyl (C=O) groups is 2. The van der Waals surface area contributed by atoms with Crippen molar-refractivity contribution >= 4 is 33.4 Å². The fraction of sp³-hybridized carbons (Fsp3) is 0.429. The Labute approximate surface area is 125 Å². The molecular weight excluding hydrogens is 322 g/mol. The lowest BCUT2D eigenvalue weighted by Crippen LogP contribution is -2.48. The Kier molecular flexibility index (Phi) is 3.41. The molecule has 1 aromatic carbocycles. The summed E-state index contributed by atoms with van der Waals surface area (Å²) in [5.74, 6) is -0.0537. The quantitative estimate of drug-likeness (QED) is 0.760. The van der Waals surface area contributed by atoms with E-state index in [1.54, 1.807) is 18.2 Å². The van der Waals surface area contributed by atoms with Gasteiger partial charge in [-0.05, 0) is 40.9 Å². The summed E-state index contributed by atoms with van der Waals surface area (Å²) in [4.78, 5) is 26.3. The van der Waals surface area contributed by atoms with Crippen LogP contribution in [0.15, 0.2) is 22.7 Å². The van der Waals surface area contributed by atoms with Gasteiger partial charge in [-0.15, -0.1) is 0 Å². The summed E-state index contributed by atoms with van der Waals surface area (Å²) in [5, 5.41) is 2.85. The van der Waals surface area contributed by atoms with Crippen molar-refractivity contribution in [2.75, 3.05) is 18.8 Å². The highest BCUT2D eigenvalue weighted by Crippen LogP contribution is 2.31. The normalized spacial score (nSPS) is 25.2. The Hall–Kier alpha value is -1.56. The van der Waals surface area contributed by atoms with Crippen molar-refractivity contribution in [3.8, 4) is 0 Å². The summed E-state index contributed by atoms with van der Waals surface area (Å²) in [6.45, 7) is 1.24. The second-order valence-electron chi connectivity index (χ2n) is 5.27. The highest BCUT2D eigenvalue weighted by molar-refractivity contribution is 9.10. The summed E-state index contributed by atoms with van der Waals surface area (Å²) in [7, 11) is 0. The number of amides is 2. The number of halogens is 1. The zero-order valence-electron chi connectivity index (χ0n) is 10.9. The molecule has 0 bridgehead atoms. The number of nitrogens with zero attached hydrogens (tertiary/aromatic N) is 1.